The monoisotopic (exact) mass is 196 g/mol. The Labute approximate surface area is 77.8 Å². The summed E-state index contributed by atoms with van der Waals surface area (Å²) in [6.07, 6.45) is 1.33. The summed E-state index contributed by atoms with van der Waals surface area (Å²) in [5.41, 5.74) is 0.526. The fraction of sp³-hybridized carbons (Fsp3) is 0. The quantitative estimate of drug-likeness (QED) is 0.418. The van der Waals surface area contributed by atoms with E-state index in [-0.39, 0.29) is 5.69 Å². The van der Waals surface area contributed by atoms with Crippen LogP contribution in [0.15, 0.2) is 23.5 Å². The molecule has 0 aliphatic carbocycles. The van der Waals surface area contributed by atoms with Crippen molar-refractivity contribution in [1.29, 1.82) is 0 Å². The Hall–Kier alpha value is -1.63. The van der Waals surface area contributed by atoms with Crippen LogP contribution < -0.4 is 0 Å². The first kappa shape index (κ1) is 7.99. The van der Waals surface area contributed by atoms with Crippen molar-refractivity contribution in [3.63, 3.8) is 0 Å². The Morgan fingerprint density at radius 3 is 2.92 bits per heavy atom. The van der Waals surface area contributed by atoms with Crippen molar-refractivity contribution in [3.05, 3.63) is 28.4 Å². The SMILES string of the molecule is O=[N+]([O-])c1ccc2nnc(S)n2c1. The van der Waals surface area contributed by atoms with Crippen LogP contribution in [0.5, 0.6) is 0 Å². The highest BCUT2D eigenvalue weighted by Gasteiger charge is 2.08. The highest BCUT2D eigenvalue weighted by molar-refractivity contribution is 7.80. The fourth-order valence-corrected chi connectivity index (χ4v) is 1.18. The standard InChI is InChI=1S/C6H4N4O2S/c11-10(12)4-1-2-5-7-8-6(13)9(5)3-4/h1-3H,(H,8,13). The third kappa shape index (κ3) is 1.22. The predicted octanol–water partition coefficient (Wildman–Crippen LogP) is 0.926. The molecular formula is C6H4N4O2S. The average molecular weight is 196 g/mol. The summed E-state index contributed by atoms with van der Waals surface area (Å²) in [7, 11) is 0. The minimum Gasteiger partial charge on any atom is -0.271 e. The summed E-state index contributed by atoms with van der Waals surface area (Å²) in [6.45, 7) is 0. The van der Waals surface area contributed by atoms with Gasteiger partial charge in [0, 0.05) is 6.07 Å². The summed E-state index contributed by atoms with van der Waals surface area (Å²) in [5.74, 6) is 0. The van der Waals surface area contributed by atoms with Gasteiger partial charge in [0.15, 0.2) is 10.8 Å². The number of aromatic nitrogens is 3. The summed E-state index contributed by atoms with van der Waals surface area (Å²) in [4.78, 5) is 9.92. The van der Waals surface area contributed by atoms with E-state index in [9.17, 15) is 10.1 Å². The van der Waals surface area contributed by atoms with E-state index in [0.29, 0.717) is 10.8 Å². The molecule has 66 valence electrons. The third-order valence-corrected chi connectivity index (χ3v) is 1.88. The predicted molar refractivity (Wildman–Crippen MR) is 46.9 cm³/mol. The van der Waals surface area contributed by atoms with Crippen LogP contribution in [0.25, 0.3) is 5.65 Å². The molecule has 0 saturated carbocycles. The molecule has 0 amide bonds. The number of hydrogen-bond acceptors (Lipinski definition) is 5. The molecule has 0 radical (unpaired) electrons. The van der Waals surface area contributed by atoms with Gasteiger partial charge in [0.1, 0.15) is 0 Å². The fourth-order valence-electron chi connectivity index (χ4n) is 0.975. The summed E-state index contributed by atoms with van der Waals surface area (Å²) in [5, 5.41) is 18.1. The van der Waals surface area contributed by atoms with Crippen molar-refractivity contribution < 1.29 is 4.92 Å². The van der Waals surface area contributed by atoms with E-state index in [1.54, 1.807) is 0 Å². The first-order chi connectivity index (χ1) is 6.18. The zero-order chi connectivity index (χ0) is 9.42. The molecule has 2 aromatic rings. The highest BCUT2D eigenvalue weighted by atomic mass is 32.1. The number of rotatable bonds is 1. The first-order valence-corrected chi connectivity index (χ1v) is 3.81. The van der Waals surface area contributed by atoms with Gasteiger partial charge in [-0.3, -0.25) is 14.5 Å². The molecule has 0 atom stereocenters. The number of fused-ring (bicyclic) bond motifs is 1. The van der Waals surface area contributed by atoms with Gasteiger partial charge in [-0.2, -0.15) is 0 Å². The molecule has 7 heteroatoms. The van der Waals surface area contributed by atoms with Gasteiger partial charge in [-0.05, 0) is 6.07 Å². The summed E-state index contributed by atoms with van der Waals surface area (Å²) >= 11 is 3.98. The van der Waals surface area contributed by atoms with Crippen molar-refractivity contribution in [2.24, 2.45) is 0 Å². The van der Waals surface area contributed by atoms with Crippen LogP contribution in [0.1, 0.15) is 0 Å². The van der Waals surface area contributed by atoms with E-state index < -0.39 is 4.92 Å². The molecule has 0 fully saturated rings. The van der Waals surface area contributed by atoms with Crippen LogP contribution in [-0.4, -0.2) is 19.5 Å². The van der Waals surface area contributed by atoms with Crippen LogP contribution in [-0.2, 0) is 0 Å². The summed E-state index contributed by atoms with van der Waals surface area (Å²) in [6, 6.07) is 2.89. The molecule has 0 bridgehead atoms. The van der Waals surface area contributed by atoms with E-state index in [2.05, 4.69) is 22.8 Å². The second-order valence-corrected chi connectivity index (χ2v) is 2.77. The van der Waals surface area contributed by atoms with Crippen molar-refractivity contribution in [3.8, 4) is 0 Å². The number of thiol groups is 1. The third-order valence-electron chi connectivity index (χ3n) is 1.58. The topological polar surface area (TPSA) is 73.3 Å². The minimum atomic E-state index is -0.480. The van der Waals surface area contributed by atoms with E-state index in [1.165, 1.54) is 22.7 Å². The van der Waals surface area contributed by atoms with E-state index in [1.807, 2.05) is 0 Å². The highest BCUT2D eigenvalue weighted by Crippen LogP contribution is 2.14. The molecule has 0 aliphatic heterocycles. The largest absolute Gasteiger partial charge is 0.286 e. The van der Waals surface area contributed by atoms with Gasteiger partial charge in [-0.1, -0.05) is 0 Å². The van der Waals surface area contributed by atoms with Crippen molar-refractivity contribution in [2.75, 3.05) is 0 Å². The zero-order valence-electron chi connectivity index (χ0n) is 6.28. The van der Waals surface area contributed by atoms with Crippen LogP contribution in [0, 0.1) is 10.1 Å². The second kappa shape index (κ2) is 2.70. The van der Waals surface area contributed by atoms with Crippen LogP contribution in [0.2, 0.25) is 0 Å². The lowest BCUT2D eigenvalue weighted by Crippen LogP contribution is -1.92. The first-order valence-electron chi connectivity index (χ1n) is 3.36. The van der Waals surface area contributed by atoms with Gasteiger partial charge in [0.25, 0.3) is 5.69 Å². The summed E-state index contributed by atoms with van der Waals surface area (Å²) < 4.78 is 1.45. The molecule has 0 saturated heterocycles. The molecule has 0 N–H and O–H groups in total. The average Bonchev–Trinajstić information content (AvgIpc) is 2.47. The van der Waals surface area contributed by atoms with Crippen molar-refractivity contribution >= 4 is 24.0 Å². The Bertz CT molecular complexity index is 480. The molecule has 13 heavy (non-hydrogen) atoms. The molecule has 0 aromatic carbocycles. The number of pyridine rings is 1. The zero-order valence-corrected chi connectivity index (χ0v) is 7.18. The minimum absolute atomic E-state index is 0.0115. The Balaban J connectivity index is 2.72. The number of nitrogens with zero attached hydrogens (tertiary/aromatic N) is 4. The molecule has 2 heterocycles. The van der Waals surface area contributed by atoms with Crippen molar-refractivity contribution in [2.45, 2.75) is 5.16 Å². The van der Waals surface area contributed by atoms with E-state index in [4.69, 9.17) is 0 Å². The van der Waals surface area contributed by atoms with Crippen LogP contribution in [0.3, 0.4) is 0 Å². The molecule has 0 aliphatic rings. The molecule has 2 rings (SSSR count). The maximum atomic E-state index is 10.4. The van der Waals surface area contributed by atoms with E-state index in [0.717, 1.165) is 0 Å². The molecular weight excluding hydrogens is 192 g/mol. The van der Waals surface area contributed by atoms with Gasteiger partial charge in [0.2, 0.25) is 0 Å². The van der Waals surface area contributed by atoms with Gasteiger partial charge in [-0.15, -0.1) is 22.8 Å². The lowest BCUT2D eigenvalue weighted by Gasteiger charge is -1.93. The number of hydrogen-bond donors (Lipinski definition) is 1. The number of nitro groups is 1. The maximum absolute atomic E-state index is 10.4. The maximum Gasteiger partial charge on any atom is 0.286 e. The lowest BCUT2D eigenvalue weighted by molar-refractivity contribution is -0.385. The molecule has 2 aromatic heterocycles. The Morgan fingerprint density at radius 1 is 1.46 bits per heavy atom. The van der Waals surface area contributed by atoms with Crippen LogP contribution in [0.4, 0.5) is 5.69 Å². The Kier molecular flexibility index (Phi) is 1.66. The van der Waals surface area contributed by atoms with E-state index >= 15 is 0 Å². The lowest BCUT2D eigenvalue weighted by atomic mass is 10.4. The van der Waals surface area contributed by atoms with Gasteiger partial charge >= 0.3 is 0 Å². The van der Waals surface area contributed by atoms with Crippen LogP contribution >= 0.6 is 12.6 Å². The van der Waals surface area contributed by atoms with Gasteiger partial charge in [0.05, 0.1) is 11.1 Å². The van der Waals surface area contributed by atoms with Gasteiger partial charge < -0.3 is 0 Å². The molecule has 0 spiro atoms. The Morgan fingerprint density at radius 2 is 2.23 bits per heavy atom. The second-order valence-electron chi connectivity index (χ2n) is 2.37. The van der Waals surface area contributed by atoms with Crippen molar-refractivity contribution in [1.82, 2.24) is 14.6 Å². The normalized spacial score (nSPS) is 10.5. The molecule has 0 unspecified atom stereocenters. The molecule has 6 nitrogen and oxygen atoms in total. The van der Waals surface area contributed by atoms with Gasteiger partial charge in [-0.25, -0.2) is 0 Å². The smallest absolute Gasteiger partial charge is 0.271 e.